The summed E-state index contributed by atoms with van der Waals surface area (Å²) < 4.78 is 12.3. The molecule has 0 aliphatic carbocycles. The van der Waals surface area contributed by atoms with Crippen LogP contribution in [0, 0.1) is 0 Å². The monoisotopic (exact) mass is 412 g/mol. The van der Waals surface area contributed by atoms with Gasteiger partial charge in [-0.1, -0.05) is 4.99 Å². The number of fused-ring (bicyclic) bond motifs is 1. The lowest BCUT2D eigenvalue weighted by atomic mass is 10.2. The number of amides is 4. The van der Waals surface area contributed by atoms with Crippen LogP contribution in [0.2, 0.25) is 0 Å². The maximum atomic E-state index is 12.3. The molecule has 0 unspecified atom stereocenters. The Kier molecular flexibility index (Phi) is 5.06. The highest BCUT2D eigenvalue weighted by Gasteiger charge is 2.44. The minimum atomic E-state index is -0.501. The maximum Gasteiger partial charge on any atom is 0.446 e. The molecule has 0 saturated carbocycles. The molecule has 1 aromatic carbocycles. The first-order valence-corrected chi connectivity index (χ1v) is 9.60. The number of aliphatic imine (C=N–C) groups is 2. The van der Waals surface area contributed by atoms with Crippen molar-refractivity contribution in [3.8, 4) is 11.5 Å². The number of benzene rings is 1. The van der Waals surface area contributed by atoms with Gasteiger partial charge in [0.25, 0.3) is 5.91 Å². The van der Waals surface area contributed by atoms with Crippen LogP contribution in [0.1, 0.15) is 18.4 Å². The summed E-state index contributed by atoms with van der Waals surface area (Å²) in [5.41, 5.74) is 0.709. The molecule has 1 aromatic rings. The zero-order valence-electron chi connectivity index (χ0n) is 17.0. The largest absolute Gasteiger partial charge is 0.493 e. The molecule has 30 heavy (non-hydrogen) atoms. The van der Waals surface area contributed by atoms with Gasteiger partial charge in [-0.15, -0.1) is 0 Å². The quantitative estimate of drug-likeness (QED) is 0.657. The van der Waals surface area contributed by atoms with E-state index in [9.17, 15) is 14.4 Å². The SMILES string of the molecule is COc1cc(C2=NC3=[N+](C)C(=O)N(C)C(=O)C3=N2)ccc1OCC(=O)N1CCCC1. The lowest BCUT2D eigenvalue weighted by Crippen LogP contribution is -2.51. The highest BCUT2D eigenvalue weighted by Crippen LogP contribution is 2.29. The number of methoxy groups -OCH3 is 1. The number of carbonyl (C=O) groups excluding carboxylic acids is 3. The Morgan fingerprint density at radius 3 is 2.60 bits per heavy atom. The fourth-order valence-electron chi connectivity index (χ4n) is 3.53. The van der Waals surface area contributed by atoms with E-state index in [4.69, 9.17) is 9.47 Å². The average molecular weight is 412 g/mol. The molecule has 1 saturated heterocycles. The van der Waals surface area contributed by atoms with Gasteiger partial charge in [0.2, 0.25) is 11.5 Å². The third-order valence-electron chi connectivity index (χ3n) is 5.27. The van der Waals surface area contributed by atoms with Gasteiger partial charge in [-0.25, -0.2) is 9.59 Å². The predicted molar refractivity (Wildman–Crippen MR) is 108 cm³/mol. The molecule has 3 heterocycles. The first kappa shape index (κ1) is 19.7. The van der Waals surface area contributed by atoms with Crippen LogP contribution in [0.15, 0.2) is 28.2 Å². The van der Waals surface area contributed by atoms with Crippen LogP contribution in [0.4, 0.5) is 4.79 Å². The minimum absolute atomic E-state index is 0.0546. The van der Waals surface area contributed by atoms with E-state index in [2.05, 4.69) is 9.98 Å². The van der Waals surface area contributed by atoms with Crippen molar-refractivity contribution < 1.29 is 28.4 Å². The Morgan fingerprint density at radius 2 is 1.90 bits per heavy atom. The first-order valence-electron chi connectivity index (χ1n) is 9.60. The van der Waals surface area contributed by atoms with E-state index >= 15 is 0 Å². The van der Waals surface area contributed by atoms with Crippen molar-refractivity contribution in [3.05, 3.63) is 23.8 Å². The van der Waals surface area contributed by atoms with Crippen molar-refractivity contribution >= 4 is 35.2 Å². The van der Waals surface area contributed by atoms with Crippen LogP contribution in [0.25, 0.3) is 0 Å². The summed E-state index contributed by atoms with van der Waals surface area (Å²) in [4.78, 5) is 48.1. The molecule has 0 aromatic heterocycles. The highest BCUT2D eigenvalue weighted by atomic mass is 16.5. The second kappa shape index (κ2) is 7.69. The third kappa shape index (κ3) is 3.34. The summed E-state index contributed by atoms with van der Waals surface area (Å²) >= 11 is 0. The molecule has 0 radical (unpaired) electrons. The molecule has 3 aliphatic heterocycles. The summed E-state index contributed by atoms with van der Waals surface area (Å²) in [6.45, 7) is 1.47. The Hall–Kier alpha value is -3.56. The lowest BCUT2D eigenvalue weighted by Gasteiger charge is -2.16. The van der Waals surface area contributed by atoms with E-state index in [-0.39, 0.29) is 24.1 Å². The molecule has 4 amide bonds. The minimum Gasteiger partial charge on any atom is -0.493 e. The standard InChI is InChI=1S/C20H22N5O5/c1-23-18-16(19(27)24(2)20(23)28)21-17(22-18)12-6-7-13(14(10-12)29-3)30-11-15(26)25-8-4-5-9-25/h6-7,10H,4-5,8-9,11H2,1-3H3/q+1. The number of likely N-dealkylation sites (tertiary alicyclic amines) is 1. The average Bonchev–Trinajstić information content (AvgIpc) is 3.45. The number of rotatable bonds is 5. The Bertz CT molecular complexity index is 1040. The molecule has 0 atom stereocenters. The van der Waals surface area contributed by atoms with E-state index < -0.39 is 11.9 Å². The number of amidine groups is 2. The van der Waals surface area contributed by atoms with Crippen molar-refractivity contribution in [2.75, 3.05) is 40.9 Å². The van der Waals surface area contributed by atoms with E-state index in [0.717, 1.165) is 30.8 Å². The molecule has 1 fully saturated rings. The molecule has 3 aliphatic rings. The van der Waals surface area contributed by atoms with Crippen LogP contribution in [-0.4, -0.2) is 90.5 Å². The number of hydrogen-bond acceptors (Lipinski definition) is 7. The fourth-order valence-corrected chi connectivity index (χ4v) is 3.53. The number of ether oxygens (including phenoxy) is 2. The normalized spacial score (nSPS) is 18.5. The van der Waals surface area contributed by atoms with Gasteiger partial charge in [0, 0.05) is 18.7 Å². The molecule has 10 heteroatoms. The second-order valence-corrected chi connectivity index (χ2v) is 7.17. The van der Waals surface area contributed by atoms with Crippen molar-refractivity contribution in [3.63, 3.8) is 0 Å². The van der Waals surface area contributed by atoms with E-state index in [0.29, 0.717) is 22.9 Å². The summed E-state index contributed by atoms with van der Waals surface area (Å²) in [5.74, 6) is 0.792. The Morgan fingerprint density at radius 1 is 1.17 bits per heavy atom. The van der Waals surface area contributed by atoms with Gasteiger partial charge in [-0.05, 0) is 31.0 Å². The number of urea groups is 1. The van der Waals surface area contributed by atoms with Crippen molar-refractivity contribution in [2.45, 2.75) is 12.8 Å². The van der Waals surface area contributed by atoms with Gasteiger partial charge in [0.05, 0.1) is 21.2 Å². The first-order chi connectivity index (χ1) is 14.4. The predicted octanol–water partition coefficient (Wildman–Crippen LogP) is 0.530. The number of carbonyl (C=O) groups is 3. The summed E-state index contributed by atoms with van der Waals surface area (Å²) in [6, 6.07) is 4.59. The van der Waals surface area contributed by atoms with E-state index in [1.807, 2.05) is 0 Å². The molecule has 156 valence electrons. The molecular formula is C20H22N5O5+. The zero-order valence-corrected chi connectivity index (χ0v) is 17.0. The Balaban J connectivity index is 1.56. The molecule has 0 spiro atoms. The molecule has 10 nitrogen and oxygen atoms in total. The van der Waals surface area contributed by atoms with Crippen molar-refractivity contribution in [1.29, 1.82) is 0 Å². The van der Waals surface area contributed by atoms with Crippen molar-refractivity contribution in [1.82, 2.24) is 9.80 Å². The highest BCUT2D eigenvalue weighted by molar-refractivity contribution is 6.70. The molecular weight excluding hydrogens is 390 g/mol. The zero-order chi connectivity index (χ0) is 21.4. The second-order valence-electron chi connectivity index (χ2n) is 7.17. The topological polar surface area (TPSA) is 104 Å². The third-order valence-corrected chi connectivity index (χ3v) is 5.27. The summed E-state index contributed by atoms with van der Waals surface area (Å²) in [5, 5.41) is 0. The smallest absolute Gasteiger partial charge is 0.446 e. The van der Waals surface area contributed by atoms with Gasteiger partial charge in [0.1, 0.15) is 0 Å². The van der Waals surface area contributed by atoms with E-state index in [1.165, 1.54) is 25.8 Å². The van der Waals surface area contributed by atoms with Gasteiger partial charge in [0.15, 0.2) is 18.1 Å². The van der Waals surface area contributed by atoms with Gasteiger partial charge < -0.3 is 14.4 Å². The number of hydrogen-bond donors (Lipinski definition) is 0. The fraction of sp³-hybridized carbons (Fsp3) is 0.400. The molecule has 4 rings (SSSR count). The van der Waals surface area contributed by atoms with Gasteiger partial charge in [-0.2, -0.15) is 14.5 Å². The van der Waals surface area contributed by atoms with Gasteiger partial charge >= 0.3 is 17.8 Å². The van der Waals surface area contributed by atoms with Crippen LogP contribution in [0.3, 0.4) is 0 Å². The van der Waals surface area contributed by atoms with Crippen LogP contribution in [-0.2, 0) is 9.59 Å². The van der Waals surface area contributed by atoms with E-state index in [1.54, 1.807) is 23.1 Å². The molecule has 0 N–H and O–H groups in total. The number of imide groups is 1. The number of nitrogens with zero attached hydrogens (tertiary/aromatic N) is 5. The van der Waals surface area contributed by atoms with Gasteiger partial charge in [-0.3, -0.25) is 4.79 Å². The van der Waals surface area contributed by atoms with Crippen LogP contribution < -0.4 is 9.47 Å². The summed E-state index contributed by atoms with van der Waals surface area (Å²) in [7, 11) is 4.44. The van der Waals surface area contributed by atoms with Crippen LogP contribution in [0.5, 0.6) is 11.5 Å². The summed E-state index contributed by atoms with van der Waals surface area (Å²) in [6.07, 6.45) is 2.04. The van der Waals surface area contributed by atoms with Crippen LogP contribution >= 0.6 is 0 Å². The lowest BCUT2D eigenvalue weighted by molar-refractivity contribution is -0.401. The van der Waals surface area contributed by atoms with Crippen molar-refractivity contribution in [2.24, 2.45) is 9.98 Å². The Labute approximate surface area is 173 Å². The molecule has 0 bridgehead atoms. The maximum absolute atomic E-state index is 12.3.